The highest BCUT2D eigenvalue weighted by Gasteiger charge is 2.46. The number of halogens is 3. The Balaban J connectivity index is 1.48. The van der Waals surface area contributed by atoms with Crippen LogP contribution in [0.25, 0.3) is 5.69 Å². The summed E-state index contributed by atoms with van der Waals surface area (Å²) in [7, 11) is 0. The van der Waals surface area contributed by atoms with Crippen LogP contribution >= 0.6 is 0 Å². The number of likely N-dealkylation sites (tertiary alicyclic amines) is 1. The maximum atomic E-state index is 13.1. The van der Waals surface area contributed by atoms with Gasteiger partial charge in [-0.2, -0.15) is 18.3 Å². The van der Waals surface area contributed by atoms with Gasteiger partial charge < -0.3 is 5.32 Å². The van der Waals surface area contributed by atoms with Crippen LogP contribution in [0.3, 0.4) is 0 Å². The number of imide groups is 1. The van der Waals surface area contributed by atoms with Crippen molar-refractivity contribution < 1.29 is 27.6 Å². The third kappa shape index (κ3) is 4.07. The van der Waals surface area contributed by atoms with Gasteiger partial charge >= 0.3 is 6.18 Å². The first-order valence-electron chi connectivity index (χ1n) is 9.62. The number of carbonyl (C=O) groups excluding carboxylic acids is 3. The summed E-state index contributed by atoms with van der Waals surface area (Å²) >= 11 is 0. The molecule has 2 aromatic rings. The number of alkyl halides is 3. The monoisotopic (exact) mass is 433 g/mol. The standard InChI is InChI=1S/C20H18F3N5O3/c21-20(22,23)12-5-6-16(28-11-24-10-25-28)15(9-12)26-17(29)7-8-27-18(30)13-3-1-2-4-14(13)19(27)31/h1-2,5-6,9-11,13-14H,3-4,7-8H2,(H,26,29)/t13-,14-/m0/s1. The average molecular weight is 433 g/mol. The molecule has 2 aliphatic rings. The largest absolute Gasteiger partial charge is 0.416 e. The van der Waals surface area contributed by atoms with Gasteiger partial charge in [-0.15, -0.1) is 0 Å². The van der Waals surface area contributed by atoms with E-state index in [0.717, 1.165) is 17.0 Å². The van der Waals surface area contributed by atoms with Crippen LogP contribution in [-0.2, 0) is 20.6 Å². The molecule has 11 heteroatoms. The SMILES string of the molecule is O=C(CCN1C(=O)[C@H]2CC=CC[C@@H]2C1=O)Nc1cc(C(F)(F)F)ccc1-n1cncn1. The second kappa shape index (κ2) is 7.97. The summed E-state index contributed by atoms with van der Waals surface area (Å²) in [4.78, 5) is 42.3. The van der Waals surface area contributed by atoms with Crippen molar-refractivity contribution in [1.29, 1.82) is 0 Å². The van der Waals surface area contributed by atoms with E-state index in [-0.39, 0.29) is 36.2 Å². The summed E-state index contributed by atoms with van der Waals surface area (Å²) in [6, 6.07) is 2.86. The van der Waals surface area contributed by atoms with Gasteiger partial charge in [-0.25, -0.2) is 9.67 Å². The van der Waals surface area contributed by atoms with Crippen LogP contribution < -0.4 is 5.32 Å². The number of amides is 3. The van der Waals surface area contributed by atoms with Crippen molar-refractivity contribution in [2.24, 2.45) is 11.8 Å². The Morgan fingerprint density at radius 3 is 2.39 bits per heavy atom. The molecule has 31 heavy (non-hydrogen) atoms. The zero-order chi connectivity index (χ0) is 22.2. The van der Waals surface area contributed by atoms with Crippen molar-refractivity contribution in [3.05, 3.63) is 48.6 Å². The fraction of sp³-hybridized carbons (Fsp3) is 0.350. The van der Waals surface area contributed by atoms with Crippen LogP contribution in [0.1, 0.15) is 24.8 Å². The Bertz CT molecular complexity index is 1020. The lowest BCUT2D eigenvalue weighted by molar-refractivity contribution is -0.140. The molecule has 8 nitrogen and oxygen atoms in total. The highest BCUT2D eigenvalue weighted by molar-refractivity contribution is 6.06. The van der Waals surface area contributed by atoms with Crippen LogP contribution in [0, 0.1) is 11.8 Å². The predicted octanol–water partition coefficient (Wildman–Crippen LogP) is 2.57. The Hall–Kier alpha value is -3.50. The summed E-state index contributed by atoms with van der Waals surface area (Å²) in [5.41, 5.74) is -0.848. The van der Waals surface area contributed by atoms with E-state index in [2.05, 4.69) is 15.4 Å². The van der Waals surface area contributed by atoms with Crippen molar-refractivity contribution in [3.63, 3.8) is 0 Å². The van der Waals surface area contributed by atoms with E-state index in [1.165, 1.54) is 23.4 Å². The quantitative estimate of drug-likeness (QED) is 0.578. The van der Waals surface area contributed by atoms with Crippen molar-refractivity contribution in [3.8, 4) is 5.69 Å². The summed E-state index contributed by atoms with van der Waals surface area (Å²) in [6.07, 6.45) is 2.37. The second-order valence-electron chi connectivity index (χ2n) is 7.35. The number of nitrogens with one attached hydrogen (secondary N) is 1. The number of fused-ring (bicyclic) bond motifs is 1. The van der Waals surface area contributed by atoms with Crippen LogP contribution in [0.15, 0.2) is 43.0 Å². The maximum Gasteiger partial charge on any atom is 0.416 e. The highest BCUT2D eigenvalue weighted by Crippen LogP contribution is 2.35. The van der Waals surface area contributed by atoms with Gasteiger partial charge in [-0.1, -0.05) is 12.2 Å². The molecule has 1 aromatic heterocycles. The number of hydrogen-bond acceptors (Lipinski definition) is 5. The van der Waals surface area contributed by atoms with Crippen molar-refractivity contribution in [1.82, 2.24) is 19.7 Å². The lowest BCUT2D eigenvalue weighted by atomic mass is 9.85. The third-order valence-corrected chi connectivity index (χ3v) is 5.42. The van der Waals surface area contributed by atoms with E-state index in [1.807, 2.05) is 12.2 Å². The first kappa shape index (κ1) is 20.8. The lowest BCUT2D eigenvalue weighted by Gasteiger charge is -2.16. The zero-order valence-corrected chi connectivity index (χ0v) is 16.2. The average Bonchev–Trinajstić information content (AvgIpc) is 3.34. The molecular weight excluding hydrogens is 415 g/mol. The number of anilines is 1. The number of hydrogen-bond donors (Lipinski definition) is 1. The Kier molecular flexibility index (Phi) is 5.34. The minimum Gasteiger partial charge on any atom is -0.324 e. The second-order valence-corrected chi connectivity index (χ2v) is 7.35. The maximum absolute atomic E-state index is 13.1. The third-order valence-electron chi connectivity index (χ3n) is 5.42. The molecule has 1 saturated heterocycles. The van der Waals surface area contributed by atoms with Crippen molar-refractivity contribution >= 4 is 23.4 Å². The van der Waals surface area contributed by atoms with E-state index in [1.54, 1.807) is 0 Å². The zero-order valence-electron chi connectivity index (χ0n) is 16.2. The van der Waals surface area contributed by atoms with Gasteiger partial charge in [-0.3, -0.25) is 19.3 Å². The van der Waals surface area contributed by atoms with Gasteiger partial charge in [-0.05, 0) is 31.0 Å². The molecule has 1 aliphatic carbocycles. The van der Waals surface area contributed by atoms with E-state index >= 15 is 0 Å². The van der Waals surface area contributed by atoms with Crippen LogP contribution in [0.5, 0.6) is 0 Å². The summed E-state index contributed by atoms with van der Waals surface area (Å²) in [5.74, 6) is -2.05. The molecule has 162 valence electrons. The fourth-order valence-corrected chi connectivity index (χ4v) is 3.86. The first-order valence-corrected chi connectivity index (χ1v) is 9.62. The van der Waals surface area contributed by atoms with Crippen molar-refractivity contribution in [2.75, 3.05) is 11.9 Å². The van der Waals surface area contributed by atoms with Crippen LogP contribution in [0.4, 0.5) is 18.9 Å². The minimum atomic E-state index is -4.60. The minimum absolute atomic E-state index is 0.109. The summed E-state index contributed by atoms with van der Waals surface area (Å²) in [5, 5.41) is 6.32. The smallest absolute Gasteiger partial charge is 0.324 e. The highest BCUT2D eigenvalue weighted by atomic mass is 19.4. The van der Waals surface area contributed by atoms with Gasteiger partial charge in [0.1, 0.15) is 12.7 Å². The van der Waals surface area contributed by atoms with Crippen LogP contribution in [0.2, 0.25) is 0 Å². The molecule has 2 heterocycles. The fourth-order valence-electron chi connectivity index (χ4n) is 3.86. The molecule has 1 fully saturated rings. The Labute approximate surface area is 174 Å². The van der Waals surface area contributed by atoms with Gasteiger partial charge in [0.15, 0.2) is 0 Å². The van der Waals surface area contributed by atoms with Gasteiger partial charge in [0.25, 0.3) is 0 Å². The van der Waals surface area contributed by atoms with Gasteiger partial charge in [0, 0.05) is 13.0 Å². The normalized spacial score (nSPS) is 20.8. The summed E-state index contributed by atoms with van der Waals surface area (Å²) in [6.45, 7) is -0.131. The topological polar surface area (TPSA) is 97.2 Å². The van der Waals surface area contributed by atoms with Crippen molar-refractivity contribution in [2.45, 2.75) is 25.4 Å². The van der Waals surface area contributed by atoms with E-state index in [4.69, 9.17) is 0 Å². The van der Waals surface area contributed by atoms with Crippen LogP contribution in [-0.4, -0.2) is 43.9 Å². The first-order chi connectivity index (χ1) is 14.8. The Morgan fingerprint density at radius 2 is 1.81 bits per heavy atom. The number of benzene rings is 1. The predicted molar refractivity (Wildman–Crippen MR) is 102 cm³/mol. The Morgan fingerprint density at radius 1 is 1.13 bits per heavy atom. The molecule has 0 radical (unpaired) electrons. The molecular formula is C20H18F3N5O3. The van der Waals surface area contributed by atoms with Gasteiger partial charge in [0.2, 0.25) is 17.7 Å². The molecule has 1 aromatic carbocycles. The van der Waals surface area contributed by atoms with E-state index in [0.29, 0.717) is 12.8 Å². The lowest BCUT2D eigenvalue weighted by Crippen LogP contribution is -2.34. The number of rotatable bonds is 5. The molecule has 3 amide bonds. The van der Waals surface area contributed by atoms with Gasteiger partial charge in [0.05, 0.1) is 28.8 Å². The molecule has 2 atom stereocenters. The molecule has 4 rings (SSSR count). The molecule has 0 spiro atoms. The van der Waals surface area contributed by atoms with E-state index in [9.17, 15) is 27.6 Å². The number of carbonyl (C=O) groups is 3. The number of aromatic nitrogens is 3. The number of nitrogens with zero attached hydrogens (tertiary/aromatic N) is 4. The molecule has 1 aliphatic heterocycles. The molecule has 0 saturated carbocycles. The van der Waals surface area contributed by atoms with E-state index < -0.39 is 29.5 Å². The molecule has 0 unspecified atom stereocenters. The molecule has 0 bridgehead atoms. The summed E-state index contributed by atoms with van der Waals surface area (Å²) < 4.78 is 40.6. The molecule has 1 N–H and O–H groups in total. The number of allylic oxidation sites excluding steroid dienone is 2.